The Labute approximate surface area is 82.2 Å². The van der Waals surface area contributed by atoms with E-state index in [0.717, 1.165) is 11.0 Å². The summed E-state index contributed by atoms with van der Waals surface area (Å²) in [4.78, 5) is 10.4. The van der Waals surface area contributed by atoms with Crippen LogP contribution in [0, 0.1) is 0 Å². The first kappa shape index (κ1) is 8.80. The fourth-order valence-corrected chi connectivity index (χ4v) is 1.35. The Morgan fingerprint density at radius 2 is 2.07 bits per heavy atom. The summed E-state index contributed by atoms with van der Waals surface area (Å²) in [6.07, 6.45) is 1.93. The predicted molar refractivity (Wildman–Crippen MR) is 57.2 cm³/mol. The summed E-state index contributed by atoms with van der Waals surface area (Å²) >= 11 is 0. The molecule has 0 saturated heterocycles. The number of nitrogens with zero attached hydrogens (tertiary/aromatic N) is 4. The fourth-order valence-electron chi connectivity index (χ4n) is 1.35. The minimum Gasteiger partial charge on any atom is -0.383 e. The summed E-state index contributed by atoms with van der Waals surface area (Å²) in [6, 6.07) is 1.92. The molecule has 0 atom stereocenters. The van der Waals surface area contributed by atoms with Crippen molar-refractivity contribution in [3.8, 4) is 0 Å². The Morgan fingerprint density at radius 3 is 2.71 bits per heavy atom. The van der Waals surface area contributed by atoms with Gasteiger partial charge in [-0.1, -0.05) is 0 Å². The summed E-state index contributed by atoms with van der Waals surface area (Å²) < 4.78 is 1.93. The van der Waals surface area contributed by atoms with Gasteiger partial charge in [0.1, 0.15) is 11.5 Å². The first-order valence-electron chi connectivity index (χ1n) is 4.35. The van der Waals surface area contributed by atoms with Gasteiger partial charge in [0.25, 0.3) is 0 Å². The van der Waals surface area contributed by atoms with Gasteiger partial charge in [0.05, 0.1) is 5.39 Å². The van der Waals surface area contributed by atoms with E-state index in [2.05, 4.69) is 9.97 Å². The third kappa shape index (κ3) is 1.17. The topological polar surface area (TPSA) is 60.0 Å². The summed E-state index contributed by atoms with van der Waals surface area (Å²) in [7, 11) is 5.72. The number of rotatable bonds is 1. The zero-order valence-corrected chi connectivity index (χ0v) is 8.52. The largest absolute Gasteiger partial charge is 0.383 e. The highest BCUT2D eigenvalue weighted by Gasteiger charge is 2.08. The number of anilines is 2. The van der Waals surface area contributed by atoms with Crippen molar-refractivity contribution >= 4 is 22.8 Å². The van der Waals surface area contributed by atoms with Crippen molar-refractivity contribution in [3.63, 3.8) is 0 Å². The lowest BCUT2D eigenvalue weighted by Crippen LogP contribution is -2.14. The maximum Gasteiger partial charge on any atom is 0.228 e. The molecular weight excluding hydrogens is 178 g/mol. The van der Waals surface area contributed by atoms with Gasteiger partial charge in [-0.25, -0.2) is 0 Å². The number of nitrogen functional groups attached to an aromatic ring is 1. The molecule has 2 N–H and O–H groups in total. The molecule has 2 rings (SSSR count). The molecule has 5 heteroatoms. The second-order valence-corrected chi connectivity index (χ2v) is 3.47. The zero-order valence-electron chi connectivity index (χ0n) is 8.52. The SMILES string of the molecule is CN(C)c1nc(N)c2ccn(C)c2n1. The van der Waals surface area contributed by atoms with Crippen molar-refractivity contribution in [2.75, 3.05) is 24.7 Å². The van der Waals surface area contributed by atoms with Crippen molar-refractivity contribution in [1.29, 1.82) is 0 Å². The van der Waals surface area contributed by atoms with E-state index in [1.54, 1.807) is 0 Å². The molecule has 0 radical (unpaired) electrons. The summed E-state index contributed by atoms with van der Waals surface area (Å²) in [6.45, 7) is 0. The summed E-state index contributed by atoms with van der Waals surface area (Å²) in [5.41, 5.74) is 6.68. The van der Waals surface area contributed by atoms with Crippen molar-refractivity contribution in [1.82, 2.24) is 14.5 Å². The molecule has 0 saturated carbocycles. The van der Waals surface area contributed by atoms with Gasteiger partial charge in [0.15, 0.2) is 0 Å². The molecule has 2 aromatic rings. The van der Waals surface area contributed by atoms with E-state index in [-0.39, 0.29) is 0 Å². The molecular formula is C9H13N5. The van der Waals surface area contributed by atoms with Gasteiger partial charge < -0.3 is 15.2 Å². The number of nitrogens with two attached hydrogens (primary N) is 1. The van der Waals surface area contributed by atoms with Gasteiger partial charge in [-0.2, -0.15) is 9.97 Å². The third-order valence-corrected chi connectivity index (χ3v) is 2.14. The number of hydrogen-bond acceptors (Lipinski definition) is 4. The van der Waals surface area contributed by atoms with Crippen LogP contribution in [0.3, 0.4) is 0 Å². The van der Waals surface area contributed by atoms with Crippen LogP contribution in [0.2, 0.25) is 0 Å². The second-order valence-electron chi connectivity index (χ2n) is 3.47. The highest BCUT2D eigenvalue weighted by atomic mass is 15.2. The molecule has 0 aliphatic carbocycles. The van der Waals surface area contributed by atoms with E-state index in [4.69, 9.17) is 5.73 Å². The van der Waals surface area contributed by atoms with E-state index in [9.17, 15) is 0 Å². The minimum absolute atomic E-state index is 0.527. The molecule has 0 unspecified atom stereocenters. The van der Waals surface area contributed by atoms with Crippen LogP contribution in [0.5, 0.6) is 0 Å². The molecule has 0 aromatic carbocycles. The number of aryl methyl sites for hydroxylation is 1. The van der Waals surface area contributed by atoms with Crippen LogP contribution >= 0.6 is 0 Å². The predicted octanol–water partition coefficient (Wildman–Crippen LogP) is 0.616. The zero-order chi connectivity index (χ0) is 10.3. The molecule has 14 heavy (non-hydrogen) atoms. The Hall–Kier alpha value is -1.78. The Kier molecular flexibility index (Phi) is 1.80. The lowest BCUT2D eigenvalue weighted by atomic mass is 10.4. The molecule has 0 amide bonds. The van der Waals surface area contributed by atoms with E-state index in [0.29, 0.717) is 11.8 Å². The maximum absolute atomic E-state index is 5.82. The molecule has 0 aliphatic rings. The molecule has 2 aromatic heterocycles. The van der Waals surface area contributed by atoms with Gasteiger partial charge in [-0.05, 0) is 6.07 Å². The van der Waals surface area contributed by atoms with Gasteiger partial charge in [-0.15, -0.1) is 0 Å². The van der Waals surface area contributed by atoms with Gasteiger partial charge >= 0.3 is 0 Å². The lowest BCUT2D eigenvalue weighted by Gasteiger charge is -2.10. The normalized spacial score (nSPS) is 10.8. The molecule has 0 bridgehead atoms. The highest BCUT2D eigenvalue weighted by Crippen LogP contribution is 2.20. The molecule has 0 spiro atoms. The molecule has 2 heterocycles. The van der Waals surface area contributed by atoms with Gasteiger partial charge in [-0.3, -0.25) is 0 Å². The van der Waals surface area contributed by atoms with Gasteiger partial charge in [0.2, 0.25) is 5.95 Å². The van der Waals surface area contributed by atoms with Crippen LogP contribution in [0.25, 0.3) is 11.0 Å². The van der Waals surface area contributed by atoms with E-state index in [1.165, 1.54) is 0 Å². The van der Waals surface area contributed by atoms with Crippen LogP contribution in [0.4, 0.5) is 11.8 Å². The highest BCUT2D eigenvalue weighted by molar-refractivity contribution is 5.87. The van der Waals surface area contributed by atoms with Crippen molar-refractivity contribution < 1.29 is 0 Å². The maximum atomic E-state index is 5.82. The standard InChI is InChI=1S/C9H13N5/c1-13(2)9-11-7(10)6-4-5-14(3)8(6)12-9/h4-5H,1-3H3,(H2,10,11,12). The fraction of sp³-hybridized carbons (Fsp3) is 0.333. The van der Waals surface area contributed by atoms with Crippen LogP contribution < -0.4 is 10.6 Å². The first-order valence-corrected chi connectivity index (χ1v) is 4.35. The number of hydrogen-bond donors (Lipinski definition) is 1. The van der Waals surface area contributed by atoms with Crippen LogP contribution in [0.1, 0.15) is 0 Å². The summed E-state index contributed by atoms with van der Waals surface area (Å²) in [5.74, 6) is 1.16. The van der Waals surface area contributed by atoms with Crippen molar-refractivity contribution in [2.24, 2.45) is 7.05 Å². The Balaban J connectivity index is 2.75. The molecule has 0 aliphatic heterocycles. The average Bonchev–Trinajstić information content (AvgIpc) is 2.48. The van der Waals surface area contributed by atoms with Crippen molar-refractivity contribution in [3.05, 3.63) is 12.3 Å². The van der Waals surface area contributed by atoms with E-state index < -0.39 is 0 Å². The van der Waals surface area contributed by atoms with Crippen LogP contribution in [-0.2, 0) is 7.05 Å². The monoisotopic (exact) mass is 191 g/mol. The smallest absolute Gasteiger partial charge is 0.228 e. The summed E-state index contributed by atoms with van der Waals surface area (Å²) in [5, 5.41) is 0.901. The number of fused-ring (bicyclic) bond motifs is 1. The Bertz CT molecular complexity index is 471. The first-order chi connectivity index (χ1) is 6.59. The number of aromatic nitrogens is 3. The van der Waals surface area contributed by atoms with E-state index >= 15 is 0 Å². The molecule has 74 valence electrons. The molecule has 5 nitrogen and oxygen atoms in total. The van der Waals surface area contributed by atoms with Crippen molar-refractivity contribution in [2.45, 2.75) is 0 Å². The Morgan fingerprint density at radius 1 is 1.36 bits per heavy atom. The second kappa shape index (κ2) is 2.87. The van der Waals surface area contributed by atoms with Crippen LogP contribution in [0.15, 0.2) is 12.3 Å². The van der Waals surface area contributed by atoms with Gasteiger partial charge in [0, 0.05) is 27.3 Å². The minimum atomic E-state index is 0.527. The van der Waals surface area contributed by atoms with Crippen LogP contribution in [-0.4, -0.2) is 28.6 Å². The van der Waals surface area contributed by atoms with E-state index in [1.807, 2.05) is 42.9 Å². The lowest BCUT2D eigenvalue weighted by molar-refractivity contribution is 0.931. The molecule has 0 fully saturated rings. The average molecular weight is 191 g/mol. The quantitative estimate of drug-likeness (QED) is 0.717. The third-order valence-electron chi connectivity index (χ3n) is 2.14.